The van der Waals surface area contributed by atoms with E-state index >= 15 is 0 Å². The number of hydrogen-bond acceptors (Lipinski definition) is 4. The van der Waals surface area contributed by atoms with E-state index in [-0.39, 0.29) is 29.3 Å². The summed E-state index contributed by atoms with van der Waals surface area (Å²) in [6.07, 6.45) is 1.38. The Labute approximate surface area is 141 Å². The number of fused-ring (bicyclic) bond motifs is 1. The molecule has 1 aromatic rings. The molecule has 24 heavy (non-hydrogen) atoms. The molecule has 8 heteroatoms. The number of nitrogens with zero attached hydrogens (tertiary/aromatic N) is 1. The fourth-order valence-electron chi connectivity index (χ4n) is 3.15. The lowest BCUT2D eigenvalue weighted by molar-refractivity contribution is 0.260. The molecule has 6 nitrogen and oxygen atoms in total. The van der Waals surface area contributed by atoms with Crippen molar-refractivity contribution in [3.8, 4) is 5.75 Å². The Hall–Kier alpha value is -1.83. The summed E-state index contributed by atoms with van der Waals surface area (Å²) in [5, 5.41) is 6.46. The van der Waals surface area contributed by atoms with E-state index in [1.165, 1.54) is 12.1 Å². The molecular weight excluding hydrogens is 333 g/mol. The Bertz CT molecular complexity index is 736. The first-order valence-electron chi connectivity index (χ1n) is 8.07. The molecule has 132 valence electrons. The van der Waals surface area contributed by atoms with Crippen molar-refractivity contribution in [3.63, 3.8) is 0 Å². The lowest BCUT2D eigenvalue weighted by Crippen LogP contribution is -2.43. The number of rotatable bonds is 3. The van der Waals surface area contributed by atoms with Crippen LogP contribution in [0.1, 0.15) is 24.4 Å². The zero-order chi connectivity index (χ0) is 17.2. The lowest BCUT2D eigenvalue weighted by Gasteiger charge is -2.28. The highest BCUT2D eigenvalue weighted by Gasteiger charge is 2.28. The van der Waals surface area contributed by atoms with Crippen LogP contribution < -0.4 is 15.4 Å². The van der Waals surface area contributed by atoms with Crippen molar-refractivity contribution in [1.82, 2.24) is 10.6 Å². The summed E-state index contributed by atoms with van der Waals surface area (Å²) < 4.78 is 42.1. The lowest BCUT2D eigenvalue weighted by atomic mass is 10.0. The van der Waals surface area contributed by atoms with Crippen LogP contribution in [0.15, 0.2) is 23.2 Å². The van der Waals surface area contributed by atoms with Gasteiger partial charge in [-0.1, -0.05) is 0 Å². The highest BCUT2D eigenvalue weighted by molar-refractivity contribution is 7.91. The van der Waals surface area contributed by atoms with Crippen LogP contribution in [0.2, 0.25) is 0 Å². The van der Waals surface area contributed by atoms with Crippen molar-refractivity contribution in [2.75, 3.05) is 31.7 Å². The Morgan fingerprint density at radius 3 is 2.96 bits per heavy atom. The van der Waals surface area contributed by atoms with Crippen molar-refractivity contribution in [1.29, 1.82) is 0 Å². The molecule has 1 fully saturated rings. The summed E-state index contributed by atoms with van der Waals surface area (Å²) in [7, 11) is -1.22. The molecule has 2 aliphatic rings. The van der Waals surface area contributed by atoms with E-state index in [0.29, 0.717) is 37.7 Å². The Balaban J connectivity index is 1.62. The van der Waals surface area contributed by atoms with Crippen molar-refractivity contribution in [3.05, 3.63) is 29.6 Å². The second kappa shape index (κ2) is 6.96. The van der Waals surface area contributed by atoms with Gasteiger partial charge in [-0.15, -0.1) is 0 Å². The Morgan fingerprint density at radius 1 is 1.42 bits per heavy atom. The zero-order valence-electron chi connectivity index (χ0n) is 13.6. The quantitative estimate of drug-likeness (QED) is 0.630. The molecule has 2 heterocycles. The molecule has 2 N–H and O–H groups in total. The second-order valence-electron chi connectivity index (χ2n) is 6.24. The largest absolute Gasteiger partial charge is 0.493 e. The number of sulfone groups is 1. The van der Waals surface area contributed by atoms with Crippen molar-refractivity contribution in [2.45, 2.75) is 18.9 Å². The van der Waals surface area contributed by atoms with Gasteiger partial charge in [0.05, 0.1) is 24.2 Å². The van der Waals surface area contributed by atoms with Gasteiger partial charge < -0.3 is 15.4 Å². The van der Waals surface area contributed by atoms with Gasteiger partial charge in [-0.05, 0) is 30.5 Å². The maximum atomic E-state index is 13.5. The summed E-state index contributed by atoms with van der Waals surface area (Å²) >= 11 is 0. The third kappa shape index (κ3) is 3.98. The van der Waals surface area contributed by atoms with E-state index in [1.807, 2.05) is 0 Å². The van der Waals surface area contributed by atoms with Gasteiger partial charge >= 0.3 is 0 Å². The number of hydrogen-bond donors (Lipinski definition) is 2. The predicted octanol–water partition coefficient (Wildman–Crippen LogP) is 1.25. The van der Waals surface area contributed by atoms with Crippen molar-refractivity contribution >= 4 is 15.8 Å². The summed E-state index contributed by atoms with van der Waals surface area (Å²) in [5.41, 5.74) is 0.771. The van der Waals surface area contributed by atoms with E-state index in [1.54, 1.807) is 13.1 Å². The minimum absolute atomic E-state index is 0.0945. The Morgan fingerprint density at radius 2 is 2.25 bits per heavy atom. The molecular formula is C16H22FN3O3S. The number of guanidine groups is 1. The molecule has 2 unspecified atom stereocenters. The van der Waals surface area contributed by atoms with Crippen molar-refractivity contribution < 1.29 is 17.5 Å². The maximum absolute atomic E-state index is 13.5. The van der Waals surface area contributed by atoms with Crippen LogP contribution in [-0.2, 0) is 9.84 Å². The number of benzene rings is 1. The molecule has 0 aromatic heterocycles. The van der Waals surface area contributed by atoms with Gasteiger partial charge in [0, 0.05) is 25.6 Å². The monoisotopic (exact) mass is 355 g/mol. The third-order valence-electron chi connectivity index (χ3n) is 4.43. The van der Waals surface area contributed by atoms with E-state index in [4.69, 9.17) is 4.74 Å². The zero-order valence-corrected chi connectivity index (χ0v) is 14.4. The highest BCUT2D eigenvalue weighted by atomic mass is 32.2. The summed E-state index contributed by atoms with van der Waals surface area (Å²) in [6, 6.07) is 4.40. The van der Waals surface area contributed by atoms with Gasteiger partial charge in [0.2, 0.25) is 0 Å². The summed E-state index contributed by atoms with van der Waals surface area (Å²) in [6.45, 7) is 1.10. The third-order valence-corrected chi connectivity index (χ3v) is 6.27. The SMILES string of the molecule is CN=C(NCC1CCS(=O)(=O)C1)NC1CCOc2ccc(F)cc21. The average molecular weight is 355 g/mol. The van der Waals surface area contributed by atoms with E-state index < -0.39 is 9.84 Å². The first kappa shape index (κ1) is 17.0. The minimum Gasteiger partial charge on any atom is -0.493 e. The van der Waals surface area contributed by atoms with Crippen LogP contribution >= 0.6 is 0 Å². The standard InChI is InChI=1S/C16H22FN3O3S/c1-18-16(19-9-11-5-7-24(21,22)10-11)20-14-4-6-23-15-3-2-12(17)8-13(14)15/h2-3,8,11,14H,4-7,9-10H2,1H3,(H2,18,19,20). The molecule has 0 bridgehead atoms. The molecule has 1 saturated heterocycles. The second-order valence-corrected chi connectivity index (χ2v) is 8.47. The average Bonchev–Trinajstić information content (AvgIpc) is 2.90. The normalized spacial score (nSPS) is 25.7. The fraction of sp³-hybridized carbons (Fsp3) is 0.562. The van der Waals surface area contributed by atoms with Gasteiger partial charge in [-0.2, -0.15) is 0 Å². The molecule has 0 radical (unpaired) electrons. The predicted molar refractivity (Wildman–Crippen MR) is 90.5 cm³/mol. The molecule has 0 spiro atoms. The molecule has 3 rings (SSSR count). The number of nitrogens with one attached hydrogen (secondary N) is 2. The fourth-order valence-corrected chi connectivity index (χ4v) is 5.01. The summed E-state index contributed by atoms with van der Waals surface area (Å²) in [4.78, 5) is 4.19. The van der Waals surface area contributed by atoms with Crippen LogP contribution in [0, 0.1) is 11.7 Å². The van der Waals surface area contributed by atoms with Crippen LogP contribution in [-0.4, -0.2) is 46.1 Å². The molecule has 2 aliphatic heterocycles. The molecule has 1 aromatic carbocycles. The highest BCUT2D eigenvalue weighted by Crippen LogP contribution is 2.32. The molecule has 0 saturated carbocycles. The summed E-state index contributed by atoms with van der Waals surface area (Å²) in [5.74, 6) is 1.55. The molecule has 0 aliphatic carbocycles. The molecule has 0 amide bonds. The van der Waals surface area contributed by atoms with E-state index in [9.17, 15) is 12.8 Å². The van der Waals surface area contributed by atoms with Crippen LogP contribution in [0.5, 0.6) is 5.75 Å². The number of aliphatic imine (C=N–C) groups is 1. The van der Waals surface area contributed by atoms with Gasteiger partial charge in [0.1, 0.15) is 11.6 Å². The van der Waals surface area contributed by atoms with Crippen LogP contribution in [0.25, 0.3) is 0 Å². The van der Waals surface area contributed by atoms with Crippen LogP contribution in [0.3, 0.4) is 0 Å². The van der Waals surface area contributed by atoms with Gasteiger partial charge in [0.25, 0.3) is 0 Å². The number of ether oxygens (including phenoxy) is 1. The Kier molecular flexibility index (Phi) is 4.93. The molecule has 2 atom stereocenters. The van der Waals surface area contributed by atoms with E-state index in [0.717, 1.165) is 5.56 Å². The first-order chi connectivity index (χ1) is 11.5. The maximum Gasteiger partial charge on any atom is 0.191 e. The smallest absolute Gasteiger partial charge is 0.191 e. The number of halogens is 1. The van der Waals surface area contributed by atoms with Gasteiger partial charge in [-0.3, -0.25) is 4.99 Å². The van der Waals surface area contributed by atoms with E-state index in [2.05, 4.69) is 15.6 Å². The topological polar surface area (TPSA) is 79.8 Å². The van der Waals surface area contributed by atoms with Gasteiger partial charge in [0.15, 0.2) is 15.8 Å². The first-order valence-corrected chi connectivity index (χ1v) is 9.89. The minimum atomic E-state index is -2.88. The van der Waals surface area contributed by atoms with Crippen molar-refractivity contribution in [2.24, 2.45) is 10.9 Å². The van der Waals surface area contributed by atoms with Gasteiger partial charge in [-0.25, -0.2) is 12.8 Å². The van der Waals surface area contributed by atoms with Crippen LogP contribution in [0.4, 0.5) is 4.39 Å².